The van der Waals surface area contributed by atoms with Crippen LogP contribution < -0.4 is 5.32 Å². The lowest BCUT2D eigenvalue weighted by Crippen LogP contribution is -2.59. The Morgan fingerprint density at radius 1 is 1.40 bits per heavy atom. The molecule has 2 amide bonds. The number of hydrogen-bond acceptors (Lipinski definition) is 5. The summed E-state index contributed by atoms with van der Waals surface area (Å²) in [5, 5.41) is 10.1. The number of hydrogen-bond donors (Lipinski definition) is 2. The molecule has 2 rings (SSSR count). The Morgan fingerprint density at radius 2 is 1.95 bits per heavy atom. The van der Waals surface area contributed by atoms with Crippen molar-refractivity contribution in [2.45, 2.75) is 30.0 Å². The standard InChI is InChI=1S/C11H14N2O6S/c1-11(2)7(10(16)17)13-8(15)5(4-6(14)12-3)9(13)20(11,18)19/h4,7,9H,1-3H3,(H,12,14)(H,16,17)/b5-4-/t7-,9+/m0/s1. The second-order valence-corrected chi connectivity index (χ2v) is 7.76. The molecule has 110 valence electrons. The maximum absolute atomic E-state index is 12.4. The zero-order valence-corrected chi connectivity index (χ0v) is 11.9. The normalized spacial score (nSPS) is 31.6. The van der Waals surface area contributed by atoms with Gasteiger partial charge in [-0.05, 0) is 13.8 Å². The Kier molecular flexibility index (Phi) is 2.93. The van der Waals surface area contributed by atoms with Gasteiger partial charge in [0.05, 0.1) is 5.57 Å². The number of nitrogens with zero attached hydrogens (tertiary/aromatic N) is 1. The maximum atomic E-state index is 12.4. The van der Waals surface area contributed by atoms with Crippen molar-refractivity contribution < 1.29 is 27.9 Å². The molecular formula is C11H14N2O6S. The number of fused-ring (bicyclic) bond motifs is 1. The van der Waals surface area contributed by atoms with Crippen LogP contribution in [0.15, 0.2) is 11.6 Å². The summed E-state index contributed by atoms with van der Waals surface area (Å²) < 4.78 is 23.2. The van der Waals surface area contributed by atoms with Gasteiger partial charge >= 0.3 is 5.97 Å². The quantitative estimate of drug-likeness (QED) is 0.472. The van der Waals surface area contributed by atoms with Gasteiger partial charge in [0.1, 0.15) is 4.75 Å². The summed E-state index contributed by atoms with van der Waals surface area (Å²) in [6.07, 6.45) is 0.904. The van der Waals surface area contributed by atoms with Crippen LogP contribution in [0.25, 0.3) is 0 Å². The highest BCUT2D eigenvalue weighted by atomic mass is 32.2. The molecule has 2 N–H and O–H groups in total. The van der Waals surface area contributed by atoms with Gasteiger partial charge in [0.15, 0.2) is 21.3 Å². The number of β-lactam (4-membered cyclic amide) rings is 1. The first-order chi connectivity index (χ1) is 9.07. The fraction of sp³-hybridized carbons (Fsp3) is 0.545. The Morgan fingerprint density at radius 3 is 2.40 bits per heavy atom. The van der Waals surface area contributed by atoms with Crippen molar-refractivity contribution in [1.82, 2.24) is 10.2 Å². The topological polar surface area (TPSA) is 121 Å². The number of sulfone groups is 1. The molecule has 0 aliphatic carbocycles. The Bertz CT molecular complexity index is 648. The molecule has 8 nitrogen and oxygen atoms in total. The number of aliphatic carboxylic acids is 1. The molecule has 2 fully saturated rings. The lowest BCUT2D eigenvalue weighted by Gasteiger charge is -2.37. The van der Waals surface area contributed by atoms with E-state index in [4.69, 9.17) is 0 Å². The van der Waals surface area contributed by atoms with Crippen LogP contribution in [0.1, 0.15) is 13.8 Å². The first-order valence-corrected chi connectivity index (χ1v) is 7.34. The highest BCUT2D eigenvalue weighted by molar-refractivity contribution is 7.94. The zero-order valence-electron chi connectivity index (χ0n) is 11.1. The molecular weight excluding hydrogens is 288 g/mol. The lowest BCUT2D eigenvalue weighted by molar-refractivity contribution is -0.152. The van der Waals surface area contributed by atoms with Gasteiger partial charge in [-0.15, -0.1) is 0 Å². The van der Waals surface area contributed by atoms with Crippen LogP contribution in [0, 0.1) is 0 Å². The van der Waals surface area contributed by atoms with Gasteiger partial charge in [0.2, 0.25) is 5.91 Å². The summed E-state index contributed by atoms with van der Waals surface area (Å²) in [6, 6.07) is -1.45. The first kappa shape index (κ1) is 14.5. The van der Waals surface area contributed by atoms with Crippen LogP contribution >= 0.6 is 0 Å². The molecule has 0 saturated carbocycles. The number of amides is 2. The Hall–Kier alpha value is -1.90. The van der Waals surface area contributed by atoms with E-state index in [0.717, 1.165) is 11.0 Å². The zero-order chi connectivity index (χ0) is 15.5. The SMILES string of the molecule is CNC(=O)/C=C1/C(=O)N2[C@@H](C(=O)O)C(C)(C)S(=O)(=O)[C@H]12. The van der Waals surface area contributed by atoms with Crippen LogP contribution in [-0.2, 0) is 24.2 Å². The minimum atomic E-state index is -3.92. The lowest BCUT2D eigenvalue weighted by atomic mass is 9.95. The van der Waals surface area contributed by atoms with Gasteiger partial charge in [-0.1, -0.05) is 0 Å². The van der Waals surface area contributed by atoms with Crippen LogP contribution in [0.2, 0.25) is 0 Å². The van der Waals surface area contributed by atoms with Gasteiger partial charge in [-0.25, -0.2) is 13.2 Å². The van der Waals surface area contributed by atoms with Crippen molar-refractivity contribution >= 4 is 27.6 Å². The molecule has 2 aliphatic rings. The van der Waals surface area contributed by atoms with Crippen LogP contribution in [0.4, 0.5) is 0 Å². The summed E-state index contributed by atoms with van der Waals surface area (Å²) in [5.41, 5.74) is -0.193. The van der Waals surface area contributed by atoms with Crippen molar-refractivity contribution in [2.24, 2.45) is 0 Å². The van der Waals surface area contributed by atoms with E-state index in [2.05, 4.69) is 5.32 Å². The van der Waals surface area contributed by atoms with Crippen LogP contribution in [-0.4, -0.2) is 59.4 Å². The Labute approximate surface area is 115 Å². The van der Waals surface area contributed by atoms with E-state index in [0.29, 0.717) is 0 Å². The molecule has 2 aliphatic heterocycles. The third-order valence-electron chi connectivity index (χ3n) is 3.73. The van der Waals surface area contributed by atoms with Gasteiger partial charge < -0.3 is 15.3 Å². The molecule has 2 heterocycles. The third-order valence-corrected chi connectivity index (χ3v) is 6.49. The largest absolute Gasteiger partial charge is 0.480 e. The van der Waals surface area contributed by atoms with Gasteiger partial charge in [0, 0.05) is 13.1 Å². The summed E-state index contributed by atoms with van der Waals surface area (Å²) >= 11 is 0. The van der Waals surface area contributed by atoms with Crippen molar-refractivity contribution in [2.75, 3.05) is 7.05 Å². The van der Waals surface area contributed by atoms with Crippen molar-refractivity contribution in [1.29, 1.82) is 0 Å². The van der Waals surface area contributed by atoms with Crippen LogP contribution in [0.3, 0.4) is 0 Å². The number of carboxylic acid groups (broad SMARTS) is 1. The Balaban J connectivity index is 2.56. The molecule has 9 heteroatoms. The molecule has 0 bridgehead atoms. The molecule has 0 radical (unpaired) electrons. The van der Waals surface area contributed by atoms with E-state index >= 15 is 0 Å². The molecule has 2 atom stereocenters. The van der Waals surface area contributed by atoms with Crippen molar-refractivity contribution in [3.63, 3.8) is 0 Å². The number of carboxylic acids is 1. The molecule has 20 heavy (non-hydrogen) atoms. The predicted octanol–water partition coefficient (Wildman–Crippen LogP) is -1.51. The molecule has 0 aromatic heterocycles. The summed E-state index contributed by atoms with van der Waals surface area (Å²) in [4.78, 5) is 35.3. The number of nitrogens with one attached hydrogen (secondary N) is 1. The second-order valence-electron chi connectivity index (χ2n) is 5.17. The van der Waals surface area contributed by atoms with Gasteiger partial charge in [-0.3, -0.25) is 9.59 Å². The van der Waals surface area contributed by atoms with E-state index in [1.807, 2.05) is 0 Å². The highest BCUT2D eigenvalue weighted by Crippen LogP contribution is 2.48. The predicted molar refractivity (Wildman–Crippen MR) is 67.2 cm³/mol. The number of likely N-dealkylation sites (N-methyl/N-ethyl adjacent to an activating group) is 1. The summed E-state index contributed by atoms with van der Waals surface area (Å²) in [5.74, 6) is -2.73. The highest BCUT2D eigenvalue weighted by Gasteiger charge is 2.70. The minimum Gasteiger partial charge on any atom is -0.480 e. The third kappa shape index (κ3) is 1.52. The van der Waals surface area contributed by atoms with E-state index in [1.54, 1.807) is 0 Å². The first-order valence-electron chi connectivity index (χ1n) is 5.79. The molecule has 0 aromatic carbocycles. The van der Waals surface area contributed by atoms with Crippen LogP contribution in [0.5, 0.6) is 0 Å². The smallest absolute Gasteiger partial charge is 0.328 e. The fourth-order valence-corrected chi connectivity index (χ4v) is 4.68. The average Bonchev–Trinajstić information content (AvgIpc) is 2.48. The minimum absolute atomic E-state index is 0.193. The molecule has 0 spiro atoms. The van der Waals surface area contributed by atoms with Crippen molar-refractivity contribution in [3.05, 3.63) is 11.6 Å². The van der Waals surface area contributed by atoms with Crippen molar-refractivity contribution in [3.8, 4) is 0 Å². The van der Waals surface area contributed by atoms with E-state index in [-0.39, 0.29) is 5.57 Å². The summed E-state index contributed by atoms with van der Waals surface area (Å²) in [6.45, 7) is 2.54. The van der Waals surface area contributed by atoms with Gasteiger partial charge in [-0.2, -0.15) is 0 Å². The molecule has 2 saturated heterocycles. The van der Waals surface area contributed by atoms with E-state index < -0.39 is 43.8 Å². The fourth-order valence-electron chi connectivity index (χ4n) is 2.56. The molecule has 0 aromatic rings. The maximum Gasteiger partial charge on any atom is 0.328 e. The molecule has 0 unspecified atom stereocenters. The number of carbonyl (C=O) groups is 3. The number of rotatable bonds is 2. The van der Waals surface area contributed by atoms with E-state index in [1.165, 1.54) is 20.9 Å². The van der Waals surface area contributed by atoms with E-state index in [9.17, 15) is 27.9 Å². The summed E-state index contributed by atoms with van der Waals surface area (Å²) in [7, 11) is -2.58. The second kappa shape index (κ2) is 4.05. The average molecular weight is 302 g/mol. The number of carbonyl (C=O) groups excluding carboxylic acids is 2. The van der Waals surface area contributed by atoms with Gasteiger partial charge in [0.25, 0.3) is 5.91 Å². The monoisotopic (exact) mass is 302 g/mol.